The summed E-state index contributed by atoms with van der Waals surface area (Å²) in [4.78, 5) is 29.5. The number of hydrogen-bond donors (Lipinski definition) is 1. The van der Waals surface area contributed by atoms with Crippen LogP contribution in [0.15, 0.2) is 36.4 Å². The third-order valence-corrected chi connectivity index (χ3v) is 3.18. The number of benzene rings is 2. The molecule has 0 heterocycles. The molecule has 0 aromatic heterocycles. The number of nitrogens with zero attached hydrogens (tertiary/aromatic N) is 3. The third kappa shape index (κ3) is 3.66. The van der Waals surface area contributed by atoms with Gasteiger partial charge in [-0.3, -0.25) is 30.3 Å². The van der Waals surface area contributed by atoms with Crippen LogP contribution in [-0.4, -0.2) is 14.8 Å². The van der Waals surface area contributed by atoms with Gasteiger partial charge in [-0.2, -0.15) is 13.2 Å². The molecule has 136 valence electrons. The summed E-state index contributed by atoms with van der Waals surface area (Å²) in [6.07, 6.45) is -5.19. The van der Waals surface area contributed by atoms with Gasteiger partial charge in [-0.15, -0.1) is 0 Å². The number of rotatable bonds is 5. The van der Waals surface area contributed by atoms with E-state index in [2.05, 4.69) is 0 Å². The summed E-state index contributed by atoms with van der Waals surface area (Å²) in [5.74, 6) is 0. The van der Waals surface area contributed by atoms with Crippen LogP contribution >= 0.6 is 0 Å². The Morgan fingerprint density at radius 3 is 1.92 bits per heavy atom. The monoisotopic (exact) mass is 372 g/mol. The molecule has 0 bridgehead atoms. The molecule has 0 aliphatic rings. The molecule has 2 rings (SSSR count). The molecule has 26 heavy (non-hydrogen) atoms. The van der Waals surface area contributed by atoms with Gasteiger partial charge in [0.1, 0.15) is 11.4 Å². The molecule has 0 saturated heterocycles. The van der Waals surface area contributed by atoms with Gasteiger partial charge in [0.2, 0.25) is 0 Å². The fourth-order valence-electron chi connectivity index (χ4n) is 2.09. The lowest BCUT2D eigenvalue weighted by molar-refractivity contribution is -0.394. The van der Waals surface area contributed by atoms with E-state index in [1.54, 1.807) is 0 Å². The van der Waals surface area contributed by atoms with Crippen LogP contribution < -0.4 is 5.32 Å². The Bertz CT molecular complexity index is 915. The van der Waals surface area contributed by atoms with Crippen molar-refractivity contribution in [3.8, 4) is 0 Å². The van der Waals surface area contributed by atoms with Crippen LogP contribution in [0.3, 0.4) is 0 Å². The normalized spacial score (nSPS) is 11.0. The first kappa shape index (κ1) is 18.6. The maximum Gasteiger partial charge on any atom is 0.418 e. The molecule has 0 spiro atoms. The molecule has 0 radical (unpaired) electrons. The fourth-order valence-corrected chi connectivity index (χ4v) is 2.09. The van der Waals surface area contributed by atoms with Crippen molar-refractivity contribution in [1.82, 2.24) is 0 Å². The zero-order chi connectivity index (χ0) is 19.6. The van der Waals surface area contributed by atoms with Crippen LogP contribution in [0.5, 0.6) is 0 Å². The predicted octanol–water partition coefficient (Wildman–Crippen LogP) is 4.17. The topological polar surface area (TPSA) is 141 Å². The molecule has 0 amide bonds. The Hall–Kier alpha value is -3.77. The summed E-state index contributed by atoms with van der Waals surface area (Å²) in [5.41, 5.74) is -6.30. The Balaban J connectivity index is 2.76. The highest BCUT2D eigenvalue weighted by Crippen LogP contribution is 2.44. The molecule has 0 unspecified atom stereocenters. The minimum absolute atomic E-state index is 0.115. The van der Waals surface area contributed by atoms with Crippen LogP contribution in [0.2, 0.25) is 0 Å². The molecule has 0 aliphatic carbocycles. The number of para-hydroxylation sites is 2. The SMILES string of the molecule is O=[N+]([O-])c1cc([N+](=O)[O-])c(Nc2ccccc2[N+](=O)[O-])c(C(F)(F)F)c1. The Kier molecular flexibility index (Phi) is 4.73. The molecular weight excluding hydrogens is 365 g/mol. The van der Waals surface area contributed by atoms with Crippen molar-refractivity contribution < 1.29 is 27.9 Å². The van der Waals surface area contributed by atoms with Crippen LogP contribution in [0.1, 0.15) is 5.56 Å². The highest BCUT2D eigenvalue weighted by Gasteiger charge is 2.40. The van der Waals surface area contributed by atoms with Crippen molar-refractivity contribution in [1.29, 1.82) is 0 Å². The summed E-state index contributed by atoms with van der Waals surface area (Å²) in [6, 6.07) is 4.99. The second kappa shape index (κ2) is 6.62. The minimum atomic E-state index is -5.19. The predicted molar refractivity (Wildman–Crippen MR) is 81.1 cm³/mol. The number of alkyl halides is 3. The second-order valence-electron chi connectivity index (χ2n) is 4.80. The molecule has 0 atom stereocenters. The van der Waals surface area contributed by atoms with Gasteiger partial charge in [-0.1, -0.05) is 12.1 Å². The van der Waals surface area contributed by atoms with Crippen molar-refractivity contribution in [3.05, 3.63) is 72.3 Å². The molecule has 10 nitrogen and oxygen atoms in total. The van der Waals surface area contributed by atoms with Gasteiger partial charge in [0.05, 0.1) is 26.4 Å². The summed E-state index contributed by atoms with van der Waals surface area (Å²) in [5, 5.41) is 34.9. The Morgan fingerprint density at radius 1 is 0.846 bits per heavy atom. The lowest BCUT2D eigenvalue weighted by atomic mass is 10.1. The number of nitro benzene ring substituents is 3. The maximum atomic E-state index is 13.3. The first-order valence-electron chi connectivity index (χ1n) is 6.57. The van der Waals surface area contributed by atoms with Crippen molar-refractivity contribution in [2.45, 2.75) is 6.18 Å². The average molecular weight is 372 g/mol. The number of hydrogen-bond acceptors (Lipinski definition) is 7. The van der Waals surface area contributed by atoms with E-state index in [1.807, 2.05) is 5.32 Å². The average Bonchev–Trinajstić information content (AvgIpc) is 2.53. The van der Waals surface area contributed by atoms with Gasteiger partial charge in [-0.05, 0) is 6.07 Å². The highest BCUT2D eigenvalue weighted by atomic mass is 19.4. The van der Waals surface area contributed by atoms with Gasteiger partial charge in [0, 0.05) is 12.1 Å². The van der Waals surface area contributed by atoms with Crippen molar-refractivity contribution >= 4 is 28.4 Å². The van der Waals surface area contributed by atoms with E-state index in [1.165, 1.54) is 12.1 Å². The molecule has 2 aromatic carbocycles. The van der Waals surface area contributed by atoms with Crippen LogP contribution in [0, 0.1) is 30.3 Å². The minimum Gasteiger partial charge on any atom is -0.344 e. The second-order valence-corrected chi connectivity index (χ2v) is 4.80. The highest BCUT2D eigenvalue weighted by molar-refractivity contribution is 5.79. The van der Waals surface area contributed by atoms with Crippen molar-refractivity contribution in [2.75, 3.05) is 5.32 Å². The standard InChI is InChI=1S/C13H7F3N4O6/c14-13(15,16)8-5-7(18(21)22)6-11(20(25)26)12(8)17-9-3-1-2-4-10(9)19(23)24/h1-6,17H. The smallest absolute Gasteiger partial charge is 0.344 e. The van der Waals surface area contributed by atoms with Crippen molar-refractivity contribution in [2.24, 2.45) is 0 Å². The summed E-state index contributed by atoms with van der Waals surface area (Å²) in [6.45, 7) is 0. The van der Waals surface area contributed by atoms with E-state index in [9.17, 15) is 43.5 Å². The van der Waals surface area contributed by atoms with E-state index in [0.29, 0.717) is 6.07 Å². The summed E-state index contributed by atoms with van der Waals surface area (Å²) < 4.78 is 39.8. The lowest BCUT2D eigenvalue weighted by Crippen LogP contribution is -2.12. The van der Waals surface area contributed by atoms with Crippen LogP contribution in [0.25, 0.3) is 0 Å². The molecule has 13 heteroatoms. The number of nitro groups is 3. The van der Waals surface area contributed by atoms with E-state index in [4.69, 9.17) is 0 Å². The van der Waals surface area contributed by atoms with Gasteiger partial charge in [0.15, 0.2) is 0 Å². The summed E-state index contributed by atoms with van der Waals surface area (Å²) in [7, 11) is 0. The number of non-ortho nitro benzene ring substituents is 1. The van der Waals surface area contributed by atoms with E-state index >= 15 is 0 Å². The molecule has 0 saturated carbocycles. The first-order chi connectivity index (χ1) is 12.0. The summed E-state index contributed by atoms with van der Waals surface area (Å²) >= 11 is 0. The zero-order valence-electron chi connectivity index (χ0n) is 12.4. The van der Waals surface area contributed by atoms with Gasteiger partial charge < -0.3 is 5.32 Å². The number of halogens is 3. The Labute approximate surface area is 141 Å². The van der Waals surface area contributed by atoms with E-state index in [0.717, 1.165) is 12.1 Å². The zero-order valence-corrected chi connectivity index (χ0v) is 12.4. The molecule has 2 aromatic rings. The van der Waals surface area contributed by atoms with Crippen LogP contribution in [-0.2, 0) is 6.18 Å². The van der Waals surface area contributed by atoms with E-state index < -0.39 is 54.9 Å². The van der Waals surface area contributed by atoms with Gasteiger partial charge in [-0.25, -0.2) is 0 Å². The Morgan fingerprint density at radius 2 is 1.42 bits per heavy atom. The largest absolute Gasteiger partial charge is 0.418 e. The van der Waals surface area contributed by atoms with Crippen LogP contribution in [0.4, 0.5) is 41.6 Å². The quantitative estimate of drug-likeness (QED) is 0.613. The molecule has 0 fully saturated rings. The van der Waals surface area contributed by atoms with E-state index in [-0.39, 0.29) is 6.07 Å². The third-order valence-electron chi connectivity index (χ3n) is 3.18. The molecular formula is C13H7F3N4O6. The number of nitrogens with one attached hydrogen (secondary N) is 1. The molecule has 0 aliphatic heterocycles. The van der Waals surface area contributed by atoms with Crippen molar-refractivity contribution in [3.63, 3.8) is 0 Å². The van der Waals surface area contributed by atoms with Gasteiger partial charge >= 0.3 is 6.18 Å². The van der Waals surface area contributed by atoms with Gasteiger partial charge in [0.25, 0.3) is 17.1 Å². The number of anilines is 2. The first-order valence-corrected chi connectivity index (χ1v) is 6.57. The molecule has 1 N–H and O–H groups in total. The fraction of sp³-hybridized carbons (Fsp3) is 0.0769. The maximum absolute atomic E-state index is 13.3. The lowest BCUT2D eigenvalue weighted by Gasteiger charge is -2.14.